The molecule has 0 spiro atoms. The Balaban J connectivity index is 1.53. The number of fused-ring (bicyclic) bond motifs is 1. The number of methoxy groups -OCH3 is 1. The zero-order valence-corrected chi connectivity index (χ0v) is 18.0. The summed E-state index contributed by atoms with van der Waals surface area (Å²) < 4.78 is 16.4. The van der Waals surface area contributed by atoms with Gasteiger partial charge < -0.3 is 14.2 Å². The fraction of sp³-hybridized carbons (Fsp3) is 0.125. The van der Waals surface area contributed by atoms with Crippen LogP contribution in [0.1, 0.15) is 11.1 Å². The standard InChI is InChI=1S/C24H19N3O4S/c1-29-19-12-21-20(30-15-31-21)10-17(19)11-22-23(28)27(14-16-6-5-9-25-13-16)24(32-22)26-18-7-3-2-4-8-18/h2-13H,14-15H2,1H3/b22-11+,26-24?. The molecule has 2 aromatic carbocycles. The lowest BCUT2D eigenvalue weighted by atomic mass is 10.1. The number of hydrogen-bond donors (Lipinski definition) is 0. The van der Waals surface area contributed by atoms with Gasteiger partial charge in [-0.1, -0.05) is 24.3 Å². The average Bonchev–Trinajstić information content (AvgIpc) is 3.39. The lowest BCUT2D eigenvalue weighted by Gasteiger charge is -2.15. The topological polar surface area (TPSA) is 73.2 Å². The molecule has 0 N–H and O–H groups in total. The van der Waals surface area contributed by atoms with Gasteiger partial charge in [0.15, 0.2) is 16.7 Å². The first-order valence-corrected chi connectivity index (χ1v) is 10.7. The third-order valence-electron chi connectivity index (χ3n) is 4.94. The Morgan fingerprint density at radius 1 is 1.16 bits per heavy atom. The van der Waals surface area contributed by atoms with Crippen LogP contribution in [0.2, 0.25) is 0 Å². The number of thioether (sulfide) groups is 1. The number of rotatable bonds is 5. The van der Waals surface area contributed by atoms with Crippen LogP contribution in [0.15, 0.2) is 76.9 Å². The van der Waals surface area contributed by atoms with E-state index in [0.717, 1.165) is 16.8 Å². The number of amides is 1. The van der Waals surface area contributed by atoms with E-state index in [9.17, 15) is 4.79 Å². The van der Waals surface area contributed by atoms with E-state index in [-0.39, 0.29) is 12.7 Å². The number of aliphatic imine (C=N–C) groups is 1. The lowest BCUT2D eigenvalue weighted by Crippen LogP contribution is -2.28. The van der Waals surface area contributed by atoms with Gasteiger partial charge in [0.1, 0.15) is 5.75 Å². The molecule has 5 rings (SSSR count). The predicted octanol–water partition coefficient (Wildman–Crippen LogP) is 4.62. The SMILES string of the molecule is COc1cc2c(cc1/C=C1/SC(=Nc3ccccc3)N(Cc3cccnc3)C1=O)OCO2. The van der Waals surface area contributed by atoms with Crippen LogP contribution in [0.25, 0.3) is 6.08 Å². The molecule has 2 aliphatic rings. The van der Waals surface area contributed by atoms with Crippen LogP contribution in [-0.2, 0) is 11.3 Å². The third kappa shape index (κ3) is 4.04. The van der Waals surface area contributed by atoms with Gasteiger partial charge in [-0.2, -0.15) is 0 Å². The van der Waals surface area contributed by atoms with Gasteiger partial charge in [0, 0.05) is 24.0 Å². The molecule has 0 bridgehead atoms. The molecule has 0 radical (unpaired) electrons. The van der Waals surface area contributed by atoms with Crippen molar-refractivity contribution in [2.45, 2.75) is 6.54 Å². The number of hydrogen-bond acceptors (Lipinski definition) is 7. The summed E-state index contributed by atoms with van der Waals surface area (Å²) in [6.07, 6.45) is 5.26. The molecular formula is C24H19N3O4S. The Morgan fingerprint density at radius 3 is 2.72 bits per heavy atom. The fourth-order valence-electron chi connectivity index (χ4n) is 3.39. The molecule has 2 aliphatic heterocycles. The second-order valence-corrected chi connectivity index (χ2v) is 8.05. The molecule has 1 amide bonds. The zero-order chi connectivity index (χ0) is 21.9. The van der Waals surface area contributed by atoms with Crippen LogP contribution in [-0.4, -0.2) is 34.9 Å². The number of carbonyl (C=O) groups is 1. The second-order valence-electron chi connectivity index (χ2n) is 7.04. The molecule has 1 fully saturated rings. The summed E-state index contributed by atoms with van der Waals surface area (Å²) in [7, 11) is 1.58. The van der Waals surface area contributed by atoms with Crippen LogP contribution in [0.4, 0.5) is 5.69 Å². The largest absolute Gasteiger partial charge is 0.496 e. The van der Waals surface area contributed by atoms with Gasteiger partial charge in [0.05, 0.1) is 24.2 Å². The van der Waals surface area contributed by atoms with Crippen LogP contribution in [0.3, 0.4) is 0 Å². The second kappa shape index (κ2) is 8.76. The predicted molar refractivity (Wildman–Crippen MR) is 123 cm³/mol. The number of amidine groups is 1. The van der Waals surface area contributed by atoms with Crippen molar-refractivity contribution in [3.05, 3.63) is 83.0 Å². The quantitative estimate of drug-likeness (QED) is 0.534. The molecule has 0 unspecified atom stereocenters. The summed E-state index contributed by atoms with van der Waals surface area (Å²) in [6.45, 7) is 0.542. The minimum atomic E-state index is -0.131. The van der Waals surface area contributed by atoms with Gasteiger partial charge >= 0.3 is 0 Å². The first-order chi connectivity index (χ1) is 15.7. The molecule has 7 nitrogen and oxygen atoms in total. The summed E-state index contributed by atoms with van der Waals surface area (Å²) in [4.78, 5) is 24.5. The molecule has 8 heteroatoms. The van der Waals surface area contributed by atoms with Crippen molar-refractivity contribution in [3.63, 3.8) is 0 Å². The minimum absolute atomic E-state index is 0.131. The maximum Gasteiger partial charge on any atom is 0.267 e. The molecule has 0 aliphatic carbocycles. The first-order valence-electron chi connectivity index (χ1n) is 9.93. The number of carbonyl (C=O) groups excluding carboxylic acids is 1. The number of pyridine rings is 1. The highest BCUT2D eigenvalue weighted by atomic mass is 32.2. The smallest absolute Gasteiger partial charge is 0.267 e. The van der Waals surface area contributed by atoms with E-state index in [4.69, 9.17) is 19.2 Å². The molecule has 160 valence electrons. The van der Waals surface area contributed by atoms with Gasteiger partial charge in [-0.05, 0) is 47.7 Å². The van der Waals surface area contributed by atoms with Crippen molar-refractivity contribution in [1.82, 2.24) is 9.88 Å². The van der Waals surface area contributed by atoms with Crippen molar-refractivity contribution in [3.8, 4) is 17.2 Å². The summed E-state index contributed by atoms with van der Waals surface area (Å²) in [6, 6.07) is 17.0. The molecular weight excluding hydrogens is 426 g/mol. The van der Waals surface area contributed by atoms with Crippen LogP contribution in [0.5, 0.6) is 17.2 Å². The minimum Gasteiger partial charge on any atom is -0.496 e. The van der Waals surface area contributed by atoms with Crippen molar-refractivity contribution in [2.24, 2.45) is 4.99 Å². The molecule has 0 saturated carbocycles. The van der Waals surface area contributed by atoms with Crippen molar-refractivity contribution >= 4 is 34.6 Å². The highest BCUT2D eigenvalue weighted by Gasteiger charge is 2.34. The molecule has 3 aromatic rings. The van der Waals surface area contributed by atoms with Gasteiger partial charge in [0.25, 0.3) is 5.91 Å². The Morgan fingerprint density at radius 2 is 1.97 bits per heavy atom. The van der Waals surface area contributed by atoms with Crippen LogP contribution >= 0.6 is 11.8 Å². The van der Waals surface area contributed by atoms with Crippen molar-refractivity contribution in [1.29, 1.82) is 0 Å². The van der Waals surface area contributed by atoms with E-state index >= 15 is 0 Å². The zero-order valence-electron chi connectivity index (χ0n) is 17.2. The summed E-state index contributed by atoms with van der Waals surface area (Å²) in [5.41, 5.74) is 2.43. The Hall–Kier alpha value is -3.78. The molecule has 1 saturated heterocycles. The summed E-state index contributed by atoms with van der Waals surface area (Å²) in [5.74, 6) is 1.72. The monoisotopic (exact) mass is 445 g/mol. The van der Waals surface area contributed by atoms with E-state index in [1.165, 1.54) is 11.8 Å². The first kappa shape index (κ1) is 20.1. The van der Waals surface area contributed by atoms with E-state index < -0.39 is 0 Å². The van der Waals surface area contributed by atoms with Gasteiger partial charge in [-0.25, -0.2) is 4.99 Å². The molecule has 3 heterocycles. The van der Waals surface area contributed by atoms with E-state index in [0.29, 0.717) is 33.9 Å². The maximum atomic E-state index is 13.4. The number of ether oxygens (including phenoxy) is 3. The normalized spacial score (nSPS) is 17.4. The summed E-state index contributed by atoms with van der Waals surface area (Å²) >= 11 is 1.33. The van der Waals surface area contributed by atoms with E-state index in [1.807, 2.05) is 48.5 Å². The molecule has 32 heavy (non-hydrogen) atoms. The summed E-state index contributed by atoms with van der Waals surface area (Å²) in [5, 5.41) is 0.607. The Kier molecular flexibility index (Phi) is 5.51. The van der Waals surface area contributed by atoms with Crippen molar-refractivity contribution in [2.75, 3.05) is 13.9 Å². The lowest BCUT2D eigenvalue weighted by molar-refractivity contribution is -0.122. The van der Waals surface area contributed by atoms with Gasteiger partial charge in [-0.3, -0.25) is 14.7 Å². The number of benzene rings is 2. The molecule has 0 atom stereocenters. The highest BCUT2D eigenvalue weighted by molar-refractivity contribution is 8.18. The van der Waals surface area contributed by atoms with Gasteiger partial charge in [0.2, 0.25) is 6.79 Å². The third-order valence-corrected chi connectivity index (χ3v) is 5.95. The number of nitrogens with zero attached hydrogens (tertiary/aromatic N) is 3. The average molecular weight is 446 g/mol. The highest BCUT2D eigenvalue weighted by Crippen LogP contribution is 2.41. The van der Waals surface area contributed by atoms with Gasteiger partial charge in [-0.15, -0.1) is 0 Å². The van der Waals surface area contributed by atoms with Crippen molar-refractivity contribution < 1.29 is 19.0 Å². The van der Waals surface area contributed by atoms with Crippen LogP contribution < -0.4 is 14.2 Å². The fourth-order valence-corrected chi connectivity index (χ4v) is 4.38. The van der Waals surface area contributed by atoms with Crippen LogP contribution in [0, 0.1) is 0 Å². The van der Waals surface area contributed by atoms with E-state index in [2.05, 4.69) is 4.98 Å². The Labute approximate surface area is 189 Å². The maximum absolute atomic E-state index is 13.4. The Bertz CT molecular complexity index is 1210. The molecule has 1 aromatic heterocycles. The van der Waals surface area contributed by atoms with E-state index in [1.54, 1.807) is 36.5 Å². The number of para-hydroxylation sites is 1. The number of aromatic nitrogens is 1.